The molecule has 0 aliphatic rings. The van der Waals surface area contributed by atoms with Crippen LogP contribution in [-0.4, -0.2) is 0 Å². The third-order valence-corrected chi connectivity index (χ3v) is 0.807. The molecular formula is C7H12S. The van der Waals surface area contributed by atoms with Crippen LogP contribution in [-0.2, 0) is 0 Å². The van der Waals surface area contributed by atoms with E-state index in [0.29, 0.717) is 0 Å². The molecule has 0 nitrogen and oxygen atoms in total. The van der Waals surface area contributed by atoms with Gasteiger partial charge >= 0.3 is 0 Å². The van der Waals surface area contributed by atoms with E-state index in [1.807, 2.05) is 19.1 Å². The normalized spacial score (nSPS) is 11.2. The first kappa shape index (κ1) is 7.83. The molecule has 0 aromatic heterocycles. The van der Waals surface area contributed by atoms with Crippen LogP contribution in [0.2, 0.25) is 0 Å². The predicted molar refractivity (Wildman–Crippen MR) is 42.2 cm³/mol. The zero-order valence-corrected chi connectivity index (χ0v) is 6.50. The Morgan fingerprint density at radius 3 is 1.75 bits per heavy atom. The molecular weight excluding hydrogens is 116 g/mol. The summed E-state index contributed by atoms with van der Waals surface area (Å²) in [5.74, 6) is 0. The number of rotatable bonds is 1. The van der Waals surface area contributed by atoms with E-state index in [1.54, 1.807) is 0 Å². The Hall–Kier alpha value is -0.170. The van der Waals surface area contributed by atoms with Gasteiger partial charge in [0, 0.05) is 0 Å². The zero-order chi connectivity index (χ0) is 6.57. The van der Waals surface area contributed by atoms with Gasteiger partial charge in [-0.25, -0.2) is 0 Å². The highest BCUT2D eigenvalue weighted by molar-refractivity contribution is 7.84. The second-order valence-electron chi connectivity index (χ2n) is 2.05. The van der Waals surface area contributed by atoms with Gasteiger partial charge in [0.2, 0.25) is 0 Å². The van der Waals surface area contributed by atoms with Crippen LogP contribution < -0.4 is 0 Å². The molecule has 8 heavy (non-hydrogen) atoms. The molecule has 0 bridgehead atoms. The lowest BCUT2D eigenvalue weighted by atomic mass is 10.3. The monoisotopic (exact) mass is 128 g/mol. The number of hydrogen-bond donors (Lipinski definition) is 1. The van der Waals surface area contributed by atoms with Crippen LogP contribution in [0.3, 0.4) is 0 Å². The maximum atomic E-state index is 4.09. The molecule has 0 fully saturated rings. The van der Waals surface area contributed by atoms with Crippen molar-refractivity contribution in [1.82, 2.24) is 0 Å². The van der Waals surface area contributed by atoms with Crippen molar-refractivity contribution in [1.29, 1.82) is 0 Å². The van der Waals surface area contributed by atoms with Crippen molar-refractivity contribution < 1.29 is 0 Å². The Balaban J connectivity index is 3.76. The molecule has 0 rings (SSSR count). The van der Waals surface area contributed by atoms with Gasteiger partial charge in [-0.2, -0.15) is 0 Å². The van der Waals surface area contributed by atoms with E-state index in [9.17, 15) is 0 Å². The van der Waals surface area contributed by atoms with E-state index in [2.05, 4.69) is 26.5 Å². The van der Waals surface area contributed by atoms with Gasteiger partial charge in [-0.05, 0) is 25.7 Å². The summed E-state index contributed by atoms with van der Waals surface area (Å²) >= 11 is 4.09. The second-order valence-corrected chi connectivity index (χ2v) is 2.76. The van der Waals surface area contributed by atoms with Crippen molar-refractivity contribution >= 4 is 12.6 Å². The van der Waals surface area contributed by atoms with Crippen molar-refractivity contribution in [3.05, 3.63) is 22.6 Å². The summed E-state index contributed by atoms with van der Waals surface area (Å²) in [4.78, 5) is 1.05. The Morgan fingerprint density at radius 1 is 1.12 bits per heavy atom. The van der Waals surface area contributed by atoms with E-state index in [-0.39, 0.29) is 0 Å². The molecule has 1 heteroatoms. The van der Waals surface area contributed by atoms with Crippen molar-refractivity contribution in [3.63, 3.8) is 0 Å². The lowest BCUT2D eigenvalue weighted by molar-refractivity contribution is 1.39. The van der Waals surface area contributed by atoms with Gasteiger partial charge in [0.05, 0.1) is 0 Å². The van der Waals surface area contributed by atoms with E-state index in [4.69, 9.17) is 0 Å². The highest BCUT2D eigenvalue weighted by Gasteiger charge is 1.72. The summed E-state index contributed by atoms with van der Waals surface area (Å²) < 4.78 is 0. The lowest BCUT2D eigenvalue weighted by Gasteiger charge is -1.83. The van der Waals surface area contributed by atoms with Gasteiger partial charge in [0.15, 0.2) is 0 Å². The second kappa shape index (κ2) is 3.79. The van der Waals surface area contributed by atoms with Crippen LogP contribution in [0.25, 0.3) is 0 Å². The van der Waals surface area contributed by atoms with Crippen molar-refractivity contribution in [3.8, 4) is 0 Å². The highest BCUT2D eigenvalue weighted by Crippen LogP contribution is 1.98. The molecule has 0 aromatic carbocycles. The van der Waals surface area contributed by atoms with Gasteiger partial charge in [-0.15, -0.1) is 12.6 Å². The first-order valence-electron chi connectivity index (χ1n) is 2.63. The molecule has 0 aromatic rings. The lowest BCUT2D eigenvalue weighted by Crippen LogP contribution is -1.60. The van der Waals surface area contributed by atoms with Crippen LogP contribution in [0.5, 0.6) is 0 Å². The van der Waals surface area contributed by atoms with Crippen LogP contribution in [0, 0.1) is 0 Å². The molecule has 0 aliphatic heterocycles. The highest BCUT2D eigenvalue weighted by atomic mass is 32.1. The molecule has 0 unspecified atom stereocenters. The Bertz CT molecular complexity index is 96.3. The number of thiol groups is 1. The quantitative estimate of drug-likeness (QED) is 0.407. The summed E-state index contributed by atoms with van der Waals surface area (Å²) in [5.41, 5.74) is 1.30. The van der Waals surface area contributed by atoms with Crippen LogP contribution in [0.1, 0.15) is 20.8 Å². The third-order valence-electron chi connectivity index (χ3n) is 0.658. The standard InChI is InChI=1S/C7H12S/c1-6(2)4-5-7(3)8/h4-5,8H,1-3H3/b7-5+. The Kier molecular flexibility index (Phi) is 3.71. The molecule has 0 N–H and O–H groups in total. The number of hydrogen-bond acceptors (Lipinski definition) is 1. The van der Waals surface area contributed by atoms with Gasteiger partial charge in [0.1, 0.15) is 0 Å². The minimum absolute atomic E-state index is 1.05. The molecule has 0 amide bonds. The summed E-state index contributed by atoms with van der Waals surface area (Å²) in [6, 6.07) is 0. The van der Waals surface area contributed by atoms with E-state index < -0.39 is 0 Å². The smallest absolute Gasteiger partial charge is 0.0215 e. The van der Waals surface area contributed by atoms with Crippen LogP contribution in [0.15, 0.2) is 22.6 Å². The van der Waals surface area contributed by atoms with Gasteiger partial charge in [-0.3, -0.25) is 0 Å². The molecule has 0 radical (unpaired) electrons. The fourth-order valence-corrected chi connectivity index (χ4v) is 0.362. The summed E-state index contributed by atoms with van der Waals surface area (Å²) in [5, 5.41) is 0. The minimum Gasteiger partial charge on any atom is -0.148 e. The van der Waals surface area contributed by atoms with E-state index in [0.717, 1.165) is 4.91 Å². The molecule has 0 saturated carbocycles. The van der Waals surface area contributed by atoms with Gasteiger partial charge in [-0.1, -0.05) is 17.7 Å². The summed E-state index contributed by atoms with van der Waals surface area (Å²) in [6.07, 6.45) is 4.03. The first-order chi connectivity index (χ1) is 3.63. The maximum Gasteiger partial charge on any atom is -0.0215 e. The SMILES string of the molecule is CC(C)=C/C=C(\C)S. The first-order valence-corrected chi connectivity index (χ1v) is 3.08. The fourth-order valence-electron chi connectivity index (χ4n) is 0.287. The summed E-state index contributed by atoms with van der Waals surface area (Å²) in [6.45, 7) is 6.09. The minimum atomic E-state index is 1.05. The molecule has 0 atom stereocenters. The molecule has 0 spiro atoms. The molecule has 0 heterocycles. The predicted octanol–water partition coefficient (Wildman–Crippen LogP) is 2.79. The maximum absolute atomic E-state index is 4.09. The largest absolute Gasteiger partial charge is 0.148 e. The van der Waals surface area contributed by atoms with Gasteiger partial charge < -0.3 is 0 Å². The van der Waals surface area contributed by atoms with Crippen LogP contribution >= 0.6 is 12.6 Å². The van der Waals surface area contributed by atoms with E-state index in [1.165, 1.54) is 5.57 Å². The topological polar surface area (TPSA) is 0 Å². The average molecular weight is 128 g/mol. The van der Waals surface area contributed by atoms with Crippen molar-refractivity contribution in [2.45, 2.75) is 20.8 Å². The number of allylic oxidation sites excluding steroid dienone is 4. The van der Waals surface area contributed by atoms with Crippen LogP contribution in [0.4, 0.5) is 0 Å². The average Bonchev–Trinajstić information content (AvgIpc) is 1.61. The Labute approximate surface area is 56.7 Å². The van der Waals surface area contributed by atoms with Crippen molar-refractivity contribution in [2.24, 2.45) is 0 Å². The third kappa shape index (κ3) is 5.83. The molecule has 0 aliphatic carbocycles. The fraction of sp³-hybridized carbons (Fsp3) is 0.429. The molecule has 46 valence electrons. The molecule has 0 saturated heterocycles. The van der Waals surface area contributed by atoms with Gasteiger partial charge in [0.25, 0.3) is 0 Å². The summed E-state index contributed by atoms with van der Waals surface area (Å²) in [7, 11) is 0. The van der Waals surface area contributed by atoms with Crippen molar-refractivity contribution in [2.75, 3.05) is 0 Å². The Morgan fingerprint density at radius 2 is 1.62 bits per heavy atom. The zero-order valence-electron chi connectivity index (χ0n) is 5.60. The van der Waals surface area contributed by atoms with E-state index >= 15 is 0 Å².